The van der Waals surface area contributed by atoms with Crippen LogP contribution in [0, 0.1) is 5.41 Å². The molecule has 0 saturated carbocycles. The highest BCUT2D eigenvalue weighted by Gasteiger charge is 2.44. The third-order valence-corrected chi connectivity index (χ3v) is 3.12. The summed E-state index contributed by atoms with van der Waals surface area (Å²) in [7, 11) is 0. The van der Waals surface area contributed by atoms with Gasteiger partial charge in [-0.2, -0.15) is 13.2 Å². The lowest BCUT2D eigenvalue weighted by Gasteiger charge is -2.37. The molecule has 0 fully saturated rings. The van der Waals surface area contributed by atoms with Crippen molar-refractivity contribution in [1.82, 2.24) is 0 Å². The molecule has 0 radical (unpaired) electrons. The molecule has 0 aromatic heterocycles. The predicted octanol–water partition coefficient (Wildman–Crippen LogP) is 3.88. The number of rotatable bonds is 2. The van der Waals surface area contributed by atoms with Crippen LogP contribution in [0.2, 0.25) is 0 Å². The lowest BCUT2D eigenvalue weighted by Crippen LogP contribution is -2.42. The van der Waals surface area contributed by atoms with Crippen molar-refractivity contribution in [1.29, 1.82) is 0 Å². The number of alkyl halides is 4. The maximum absolute atomic E-state index is 14.8. The van der Waals surface area contributed by atoms with Crippen LogP contribution in [-0.2, 0) is 11.8 Å². The summed E-state index contributed by atoms with van der Waals surface area (Å²) in [5, 5.41) is 0. The first-order chi connectivity index (χ1) is 8.02. The highest BCUT2D eigenvalue weighted by molar-refractivity contribution is 5.31. The van der Waals surface area contributed by atoms with E-state index in [1.54, 1.807) is 20.8 Å². The van der Waals surface area contributed by atoms with Crippen LogP contribution in [0.3, 0.4) is 0 Å². The fourth-order valence-electron chi connectivity index (χ4n) is 1.80. The summed E-state index contributed by atoms with van der Waals surface area (Å²) in [4.78, 5) is 0. The van der Waals surface area contributed by atoms with E-state index in [0.29, 0.717) is 0 Å². The van der Waals surface area contributed by atoms with Crippen LogP contribution < -0.4 is 5.73 Å². The van der Waals surface area contributed by atoms with E-state index >= 15 is 0 Å². The first-order valence-electron chi connectivity index (χ1n) is 5.59. The Morgan fingerprint density at radius 1 is 1.00 bits per heavy atom. The van der Waals surface area contributed by atoms with Gasteiger partial charge in [-0.05, 0) is 17.7 Å². The average Bonchev–Trinajstić information content (AvgIpc) is 2.25. The smallest absolute Gasteiger partial charge is 0.327 e. The molecule has 1 aromatic rings. The summed E-state index contributed by atoms with van der Waals surface area (Å²) in [5.74, 6) is 0. The van der Waals surface area contributed by atoms with Crippen molar-refractivity contribution in [3.05, 3.63) is 35.4 Å². The fourth-order valence-corrected chi connectivity index (χ4v) is 1.80. The first-order valence-corrected chi connectivity index (χ1v) is 5.59. The molecule has 5 heteroatoms. The highest BCUT2D eigenvalue weighted by atomic mass is 19.4. The molecule has 0 aliphatic carbocycles. The lowest BCUT2D eigenvalue weighted by atomic mass is 9.73. The van der Waals surface area contributed by atoms with E-state index in [1.165, 1.54) is 12.1 Å². The third kappa shape index (κ3) is 2.66. The molecule has 2 N–H and O–H groups in total. The summed E-state index contributed by atoms with van der Waals surface area (Å²) in [6.45, 7) is 4.47. The summed E-state index contributed by atoms with van der Waals surface area (Å²) >= 11 is 0. The number of nitrogens with two attached hydrogens (primary N) is 1. The zero-order chi connectivity index (χ0) is 14.2. The Bertz CT molecular complexity index is 420. The molecule has 0 saturated heterocycles. The topological polar surface area (TPSA) is 26.0 Å². The van der Waals surface area contributed by atoms with Gasteiger partial charge in [0.2, 0.25) is 0 Å². The Labute approximate surface area is 104 Å². The molecule has 1 atom stereocenters. The number of hydrogen-bond donors (Lipinski definition) is 1. The van der Waals surface area contributed by atoms with Gasteiger partial charge in [0.15, 0.2) is 5.67 Å². The molecule has 0 aliphatic rings. The molecular weight excluding hydrogens is 246 g/mol. The molecule has 18 heavy (non-hydrogen) atoms. The largest absolute Gasteiger partial charge is 0.416 e. The Balaban J connectivity index is 3.33. The molecule has 102 valence electrons. The number of benzene rings is 1. The van der Waals surface area contributed by atoms with Crippen molar-refractivity contribution in [2.45, 2.75) is 32.6 Å². The van der Waals surface area contributed by atoms with Gasteiger partial charge >= 0.3 is 6.18 Å². The van der Waals surface area contributed by atoms with Crippen molar-refractivity contribution in [3.63, 3.8) is 0 Å². The second-order valence-electron chi connectivity index (χ2n) is 5.33. The van der Waals surface area contributed by atoms with Gasteiger partial charge in [-0.15, -0.1) is 0 Å². The van der Waals surface area contributed by atoms with Crippen molar-refractivity contribution in [2.75, 3.05) is 6.54 Å². The minimum atomic E-state index is -4.48. The summed E-state index contributed by atoms with van der Waals surface area (Å²) in [6, 6.07) is 4.29. The van der Waals surface area contributed by atoms with E-state index in [0.717, 1.165) is 12.1 Å². The average molecular weight is 263 g/mol. The molecule has 1 rings (SSSR count). The molecule has 1 nitrogen and oxygen atoms in total. The highest BCUT2D eigenvalue weighted by Crippen LogP contribution is 2.43. The van der Waals surface area contributed by atoms with Gasteiger partial charge in [0, 0.05) is 12.0 Å². The molecule has 0 heterocycles. The normalized spacial score (nSPS) is 16.4. The summed E-state index contributed by atoms with van der Waals surface area (Å²) in [6.07, 6.45) is -4.48. The summed E-state index contributed by atoms with van der Waals surface area (Å²) < 4.78 is 52.6. The molecular formula is C13H17F4N. The first kappa shape index (κ1) is 15.0. The number of halogens is 4. The zero-order valence-electron chi connectivity index (χ0n) is 10.6. The second kappa shape index (κ2) is 4.53. The predicted molar refractivity (Wildman–Crippen MR) is 62.7 cm³/mol. The van der Waals surface area contributed by atoms with E-state index in [-0.39, 0.29) is 12.1 Å². The van der Waals surface area contributed by atoms with Crippen molar-refractivity contribution in [3.8, 4) is 0 Å². The minimum absolute atomic E-state index is 0.0349. The van der Waals surface area contributed by atoms with E-state index < -0.39 is 22.8 Å². The van der Waals surface area contributed by atoms with Crippen LogP contribution in [0.1, 0.15) is 31.9 Å². The van der Waals surface area contributed by atoms with Gasteiger partial charge in [-0.25, -0.2) is 4.39 Å². The molecule has 0 spiro atoms. The van der Waals surface area contributed by atoms with Crippen LogP contribution in [-0.4, -0.2) is 6.54 Å². The molecule has 0 aliphatic heterocycles. The van der Waals surface area contributed by atoms with E-state index in [1.807, 2.05) is 0 Å². The summed E-state index contributed by atoms with van der Waals surface area (Å²) in [5.41, 5.74) is 1.66. The quantitative estimate of drug-likeness (QED) is 0.805. The molecule has 1 unspecified atom stereocenters. The number of hydrogen-bond acceptors (Lipinski definition) is 1. The van der Waals surface area contributed by atoms with Gasteiger partial charge < -0.3 is 5.73 Å². The van der Waals surface area contributed by atoms with Gasteiger partial charge in [0.1, 0.15) is 0 Å². The monoisotopic (exact) mass is 263 g/mol. The molecule has 0 bridgehead atoms. The SMILES string of the molecule is CC(C)(C)C(F)(CN)c1cccc(C(F)(F)F)c1. The van der Waals surface area contributed by atoms with Crippen molar-refractivity contribution < 1.29 is 17.6 Å². The van der Waals surface area contributed by atoms with Crippen molar-refractivity contribution in [2.24, 2.45) is 11.1 Å². The van der Waals surface area contributed by atoms with Crippen LogP contribution in [0.15, 0.2) is 24.3 Å². The standard InChI is InChI=1S/C13H17F4N/c1-11(2,3)12(14,8-18)9-5-4-6-10(7-9)13(15,16)17/h4-7H,8,18H2,1-3H3. The minimum Gasteiger partial charge on any atom is -0.327 e. The van der Waals surface area contributed by atoms with Gasteiger partial charge in [0.25, 0.3) is 0 Å². The zero-order valence-corrected chi connectivity index (χ0v) is 10.6. The molecule has 0 amide bonds. The maximum Gasteiger partial charge on any atom is 0.416 e. The Kier molecular flexibility index (Phi) is 3.77. The van der Waals surface area contributed by atoms with E-state index in [9.17, 15) is 17.6 Å². The second-order valence-corrected chi connectivity index (χ2v) is 5.33. The van der Waals surface area contributed by atoms with E-state index in [2.05, 4.69) is 0 Å². The van der Waals surface area contributed by atoms with Crippen LogP contribution in [0.4, 0.5) is 17.6 Å². The van der Waals surface area contributed by atoms with Crippen LogP contribution in [0.5, 0.6) is 0 Å². The maximum atomic E-state index is 14.8. The van der Waals surface area contributed by atoms with Gasteiger partial charge in [-0.1, -0.05) is 32.9 Å². The van der Waals surface area contributed by atoms with Crippen LogP contribution >= 0.6 is 0 Å². The Morgan fingerprint density at radius 3 is 1.89 bits per heavy atom. The Hall–Kier alpha value is -1.10. The van der Waals surface area contributed by atoms with Gasteiger partial charge in [0.05, 0.1) is 5.56 Å². The van der Waals surface area contributed by atoms with Crippen molar-refractivity contribution >= 4 is 0 Å². The van der Waals surface area contributed by atoms with E-state index in [4.69, 9.17) is 5.73 Å². The molecule has 1 aromatic carbocycles. The lowest BCUT2D eigenvalue weighted by molar-refractivity contribution is -0.137. The van der Waals surface area contributed by atoms with Gasteiger partial charge in [-0.3, -0.25) is 0 Å². The van der Waals surface area contributed by atoms with Crippen LogP contribution in [0.25, 0.3) is 0 Å². The fraction of sp³-hybridized carbons (Fsp3) is 0.538. The third-order valence-electron chi connectivity index (χ3n) is 3.12. The Morgan fingerprint density at radius 2 is 1.50 bits per heavy atom.